The number of hydrogen-bond donors (Lipinski definition) is 4. The maximum Gasteiger partial charge on any atom is 0.339 e. The van der Waals surface area contributed by atoms with Crippen molar-refractivity contribution < 1.29 is 23.4 Å². The van der Waals surface area contributed by atoms with Gasteiger partial charge in [0.25, 0.3) is 0 Å². The number of hydrogen-bond acceptors (Lipinski definition) is 4. The number of carboxylic acid groups (broad SMARTS) is 1. The van der Waals surface area contributed by atoms with Crippen LogP contribution in [0.4, 0.5) is 0 Å². The van der Waals surface area contributed by atoms with Crippen LogP contribution in [0.15, 0.2) is 24.3 Å². The molecule has 0 spiro atoms. The molecule has 0 aromatic heterocycles. The number of carbonyl (C=O) groups is 1. The van der Waals surface area contributed by atoms with Crippen LogP contribution in [0.2, 0.25) is 0 Å². The lowest BCUT2D eigenvalue weighted by molar-refractivity contribution is 0.0693. The molecule has 1 rings (SSSR count). The maximum absolute atomic E-state index is 10.3. The minimum absolute atomic E-state index is 0.0671. The fourth-order valence-electron chi connectivity index (χ4n) is 0.654. The van der Waals surface area contributed by atoms with E-state index >= 15 is 0 Å². The molecule has 0 aliphatic heterocycles. The Bertz CT molecular complexity index is 379. The fourth-order valence-corrected chi connectivity index (χ4v) is 0.654. The van der Waals surface area contributed by atoms with E-state index in [1.807, 2.05) is 0 Å². The first kappa shape index (κ1) is 12.4. The number of benzene rings is 1. The van der Waals surface area contributed by atoms with Crippen molar-refractivity contribution in [3.63, 3.8) is 0 Å². The van der Waals surface area contributed by atoms with Crippen molar-refractivity contribution in [2.24, 2.45) is 5.14 Å². The molecule has 0 atom stereocenters. The van der Waals surface area contributed by atoms with E-state index < -0.39 is 16.9 Å². The van der Waals surface area contributed by atoms with Gasteiger partial charge in [-0.05, 0) is 12.1 Å². The smallest absolute Gasteiger partial charge is 0.339 e. The standard InChI is InChI=1S/C7H6O3.H3NO2S/c8-6-4-2-1-3-5(6)7(9)10;1-4(2)3/h1-4,8H,(H,9,10);4H,(H2,1,2,3). The van der Waals surface area contributed by atoms with E-state index in [1.54, 1.807) is 12.1 Å². The van der Waals surface area contributed by atoms with Crippen molar-refractivity contribution >= 4 is 16.9 Å². The summed E-state index contributed by atoms with van der Waals surface area (Å²) in [6.07, 6.45) is 0. The Kier molecular flexibility index (Phi) is 5.27. The summed E-state index contributed by atoms with van der Waals surface area (Å²) in [5.41, 5.74) is -0.0671. The van der Waals surface area contributed by atoms with Crippen LogP contribution < -0.4 is 5.14 Å². The highest BCUT2D eigenvalue weighted by Gasteiger charge is 2.05. The number of carboxylic acids is 1. The SMILES string of the molecule is N[SH](=O)=O.O=C(O)c1ccccc1O. The minimum Gasteiger partial charge on any atom is -0.507 e. The lowest BCUT2D eigenvalue weighted by atomic mass is 10.2. The summed E-state index contributed by atoms with van der Waals surface area (Å²) >= 11 is 0. The molecule has 1 aromatic carbocycles. The van der Waals surface area contributed by atoms with E-state index in [4.69, 9.17) is 18.6 Å². The van der Waals surface area contributed by atoms with Crippen LogP contribution in [0.1, 0.15) is 10.4 Å². The van der Waals surface area contributed by atoms with Gasteiger partial charge in [-0.1, -0.05) is 12.1 Å². The number of rotatable bonds is 1. The second-order valence-electron chi connectivity index (χ2n) is 2.11. The van der Waals surface area contributed by atoms with Crippen molar-refractivity contribution in [2.45, 2.75) is 0 Å². The van der Waals surface area contributed by atoms with Crippen LogP contribution in [-0.4, -0.2) is 24.6 Å². The zero-order valence-electron chi connectivity index (χ0n) is 6.95. The number of phenols is 1. The Balaban J connectivity index is 0.000000364. The van der Waals surface area contributed by atoms with Gasteiger partial charge in [0.05, 0.1) is 0 Å². The second kappa shape index (κ2) is 5.95. The highest BCUT2D eigenvalue weighted by atomic mass is 32.2. The maximum atomic E-state index is 10.3. The van der Waals surface area contributed by atoms with Gasteiger partial charge >= 0.3 is 5.97 Å². The van der Waals surface area contributed by atoms with Gasteiger partial charge in [-0.3, -0.25) is 0 Å². The van der Waals surface area contributed by atoms with Crippen LogP contribution in [0.25, 0.3) is 0 Å². The Hall–Kier alpha value is -1.60. The summed E-state index contributed by atoms with van der Waals surface area (Å²) in [7, 11) is -2.62. The Morgan fingerprint density at radius 1 is 1.29 bits per heavy atom. The van der Waals surface area contributed by atoms with E-state index in [0.29, 0.717) is 0 Å². The third kappa shape index (κ3) is 5.12. The lowest BCUT2D eigenvalue weighted by Gasteiger charge is -1.95. The highest BCUT2D eigenvalue weighted by molar-refractivity contribution is 7.69. The van der Waals surface area contributed by atoms with Gasteiger partial charge in [-0.25, -0.2) is 18.4 Å². The van der Waals surface area contributed by atoms with E-state index in [1.165, 1.54) is 12.1 Å². The predicted octanol–water partition coefficient (Wildman–Crippen LogP) is -0.438. The Morgan fingerprint density at radius 2 is 1.71 bits per heavy atom. The Morgan fingerprint density at radius 3 is 2.00 bits per heavy atom. The number of aromatic carboxylic acids is 1. The van der Waals surface area contributed by atoms with Crippen molar-refractivity contribution in [3.05, 3.63) is 29.8 Å². The van der Waals surface area contributed by atoms with Gasteiger partial charge in [0.1, 0.15) is 11.3 Å². The molecule has 6 nitrogen and oxygen atoms in total. The third-order valence-electron chi connectivity index (χ3n) is 1.13. The normalized spacial score (nSPS) is 9.00. The topological polar surface area (TPSA) is 118 Å². The molecule has 0 aliphatic rings. The predicted molar refractivity (Wildman–Crippen MR) is 49.6 cm³/mol. The van der Waals surface area contributed by atoms with Gasteiger partial charge in [-0.2, -0.15) is 0 Å². The molecule has 78 valence electrons. The summed E-state index contributed by atoms with van der Waals surface area (Å²) in [5, 5.41) is 21.4. The molecule has 4 N–H and O–H groups in total. The lowest BCUT2D eigenvalue weighted by Crippen LogP contribution is -1.95. The molecule has 0 saturated carbocycles. The van der Waals surface area contributed by atoms with E-state index in [2.05, 4.69) is 5.14 Å². The van der Waals surface area contributed by atoms with Crippen molar-refractivity contribution in [1.82, 2.24) is 0 Å². The molecule has 7 heteroatoms. The first-order valence-electron chi connectivity index (χ1n) is 3.35. The van der Waals surface area contributed by atoms with Crippen LogP contribution in [0.3, 0.4) is 0 Å². The molecule has 0 bridgehead atoms. The molecule has 0 amide bonds. The minimum atomic E-state index is -2.62. The fraction of sp³-hybridized carbons (Fsp3) is 0. The number of nitrogens with two attached hydrogens (primary N) is 1. The zero-order valence-corrected chi connectivity index (χ0v) is 7.85. The molecular weight excluding hydrogens is 210 g/mol. The molecule has 0 unspecified atom stereocenters. The van der Waals surface area contributed by atoms with Gasteiger partial charge in [-0.15, -0.1) is 0 Å². The van der Waals surface area contributed by atoms with Gasteiger partial charge < -0.3 is 10.2 Å². The first-order chi connectivity index (χ1) is 6.45. The number of para-hydroxylation sites is 1. The van der Waals surface area contributed by atoms with E-state index in [9.17, 15) is 4.79 Å². The van der Waals surface area contributed by atoms with Gasteiger partial charge in [0.15, 0.2) is 10.9 Å². The molecule has 1 aromatic rings. The second-order valence-corrected chi connectivity index (χ2v) is 2.68. The van der Waals surface area contributed by atoms with Gasteiger partial charge in [0.2, 0.25) is 0 Å². The van der Waals surface area contributed by atoms with Crippen molar-refractivity contribution in [1.29, 1.82) is 0 Å². The Labute approximate surface area is 81.7 Å². The van der Waals surface area contributed by atoms with Crippen LogP contribution in [0, 0.1) is 0 Å². The first-order valence-corrected chi connectivity index (χ1v) is 4.60. The molecule has 0 heterocycles. The summed E-state index contributed by atoms with van der Waals surface area (Å²) in [4.78, 5) is 10.3. The molecule has 0 radical (unpaired) electrons. The molecule has 0 fully saturated rings. The summed E-state index contributed by atoms with van der Waals surface area (Å²) < 4.78 is 17.6. The summed E-state index contributed by atoms with van der Waals surface area (Å²) in [6.45, 7) is 0. The van der Waals surface area contributed by atoms with E-state index in [0.717, 1.165) is 0 Å². The monoisotopic (exact) mass is 219 g/mol. The van der Waals surface area contributed by atoms with Crippen molar-refractivity contribution in [2.75, 3.05) is 0 Å². The quantitative estimate of drug-likeness (QED) is 0.478. The molecule has 14 heavy (non-hydrogen) atoms. The molecule has 0 saturated heterocycles. The average molecular weight is 219 g/mol. The van der Waals surface area contributed by atoms with Crippen LogP contribution in [0.5, 0.6) is 5.75 Å². The average Bonchev–Trinajstić information content (AvgIpc) is 2.03. The van der Waals surface area contributed by atoms with E-state index in [-0.39, 0.29) is 11.3 Å². The number of aromatic hydroxyl groups is 1. The van der Waals surface area contributed by atoms with Crippen molar-refractivity contribution in [3.8, 4) is 5.75 Å². The largest absolute Gasteiger partial charge is 0.507 e. The van der Waals surface area contributed by atoms with Crippen LogP contribution in [-0.2, 0) is 10.9 Å². The number of thiol groups is 1. The zero-order chi connectivity index (χ0) is 11.1. The highest BCUT2D eigenvalue weighted by Crippen LogP contribution is 2.14. The van der Waals surface area contributed by atoms with Gasteiger partial charge in [0, 0.05) is 0 Å². The molecular formula is C7H9NO5S. The van der Waals surface area contributed by atoms with Crippen LogP contribution >= 0.6 is 0 Å². The summed E-state index contributed by atoms with van der Waals surface area (Å²) in [6, 6.07) is 5.81. The third-order valence-corrected chi connectivity index (χ3v) is 1.13. The molecule has 0 aliphatic carbocycles. The summed E-state index contributed by atoms with van der Waals surface area (Å²) in [5.74, 6) is -1.31.